The number of nitrogens with zero attached hydrogens (tertiary/aromatic N) is 1. The van der Waals surface area contributed by atoms with Crippen molar-refractivity contribution in [1.82, 2.24) is 15.3 Å². The van der Waals surface area contributed by atoms with Crippen LogP contribution in [0.25, 0.3) is 11.4 Å². The zero-order valence-electron chi connectivity index (χ0n) is 10.9. The first-order valence-electron chi connectivity index (χ1n) is 6.11. The van der Waals surface area contributed by atoms with Crippen molar-refractivity contribution < 1.29 is 4.39 Å². The molecule has 0 aliphatic rings. The number of H-pyrrole nitrogens is 1. The van der Waals surface area contributed by atoms with Gasteiger partial charge in [0.05, 0.1) is 11.4 Å². The van der Waals surface area contributed by atoms with Gasteiger partial charge in [-0.2, -0.15) is 0 Å². The Hall–Kier alpha value is -1.68. The van der Waals surface area contributed by atoms with Crippen molar-refractivity contribution in [2.24, 2.45) is 0 Å². The van der Waals surface area contributed by atoms with Crippen LogP contribution in [0.4, 0.5) is 4.39 Å². The van der Waals surface area contributed by atoms with Crippen LogP contribution in [-0.4, -0.2) is 17.0 Å². The summed E-state index contributed by atoms with van der Waals surface area (Å²) in [5.74, 6) is 0.924. The van der Waals surface area contributed by atoms with Gasteiger partial charge in [0.2, 0.25) is 0 Å². The molecule has 0 amide bonds. The van der Waals surface area contributed by atoms with Crippen LogP contribution in [0.2, 0.25) is 0 Å². The van der Waals surface area contributed by atoms with Crippen molar-refractivity contribution >= 4 is 0 Å². The minimum absolute atomic E-state index is 0.232. The van der Waals surface area contributed by atoms with Gasteiger partial charge in [-0.05, 0) is 37.2 Å². The Morgan fingerprint density at radius 1 is 1.28 bits per heavy atom. The van der Waals surface area contributed by atoms with E-state index in [9.17, 15) is 4.39 Å². The van der Waals surface area contributed by atoms with Crippen molar-refractivity contribution in [1.29, 1.82) is 0 Å². The first kappa shape index (κ1) is 12.8. The third kappa shape index (κ3) is 2.59. The van der Waals surface area contributed by atoms with E-state index in [1.165, 1.54) is 12.1 Å². The number of halogens is 1. The lowest BCUT2D eigenvalue weighted by atomic mass is 10.1. The van der Waals surface area contributed by atoms with Crippen LogP contribution in [0, 0.1) is 5.82 Å². The molecule has 0 fully saturated rings. The summed E-state index contributed by atoms with van der Waals surface area (Å²) in [6.07, 6.45) is 0. The number of aromatic nitrogens is 2. The lowest BCUT2D eigenvalue weighted by Gasteiger charge is -2.03. The van der Waals surface area contributed by atoms with Crippen molar-refractivity contribution in [3.05, 3.63) is 41.5 Å². The Balaban J connectivity index is 2.39. The Kier molecular flexibility index (Phi) is 3.77. The van der Waals surface area contributed by atoms with E-state index in [-0.39, 0.29) is 5.82 Å². The van der Waals surface area contributed by atoms with E-state index in [1.54, 1.807) is 12.1 Å². The largest absolute Gasteiger partial charge is 0.341 e. The highest BCUT2D eigenvalue weighted by atomic mass is 19.1. The topological polar surface area (TPSA) is 40.7 Å². The van der Waals surface area contributed by atoms with Gasteiger partial charge in [-0.25, -0.2) is 9.37 Å². The van der Waals surface area contributed by atoms with Crippen molar-refractivity contribution in [2.45, 2.75) is 26.3 Å². The van der Waals surface area contributed by atoms with E-state index in [4.69, 9.17) is 0 Å². The molecule has 3 nitrogen and oxygen atoms in total. The second-order valence-electron chi connectivity index (χ2n) is 4.64. The molecule has 96 valence electrons. The first-order valence-corrected chi connectivity index (χ1v) is 6.11. The molecule has 1 aromatic heterocycles. The van der Waals surface area contributed by atoms with E-state index < -0.39 is 0 Å². The standard InChI is InChI=1S/C14H18FN3/c1-9(2)13-12(8-16-3)17-14(18-13)10-4-6-11(15)7-5-10/h4-7,9,16H,8H2,1-3H3,(H,17,18). The molecule has 2 N–H and O–H groups in total. The zero-order chi connectivity index (χ0) is 13.1. The molecule has 0 radical (unpaired) electrons. The normalized spacial score (nSPS) is 11.2. The average Bonchev–Trinajstić information content (AvgIpc) is 2.75. The monoisotopic (exact) mass is 247 g/mol. The summed E-state index contributed by atoms with van der Waals surface area (Å²) < 4.78 is 12.9. The van der Waals surface area contributed by atoms with Gasteiger partial charge in [0.1, 0.15) is 11.6 Å². The molecule has 0 saturated heterocycles. The van der Waals surface area contributed by atoms with Gasteiger partial charge in [-0.1, -0.05) is 13.8 Å². The summed E-state index contributed by atoms with van der Waals surface area (Å²) in [6, 6.07) is 6.37. The predicted molar refractivity (Wildman–Crippen MR) is 70.8 cm³/mol. The summed E-state index contributed by atoms with van der Waals surface area (Å²) >= 11 is 0. The van der Waals surface area contributed by atoms with E-state index in [1.807, 2.05) is 7.05 Å². The fourth-order valence-corrected chi connectivity index (χ4v) is 1.96. The lowest BCUT2D eigenvalue weighted by molar-refractivity contribution is 0.628. The molecule has 1 heterocycles. The molecule has 0 unspecified atom stereocenters. The third-order valence-corrected chi connectivity index (χ3v) is 2.83. The quantitative estimate of drug-likeness (QED) is 0.871. The molecule has 0 saturated carbocycles. The number of rotatable bonds is 4. The van der Waals surface area contributed by atoms with Crippen molar-refractivity contribution in [2.75, 3.05) is 7.05 Å². The van der Waals surface area contributed by atoms with Crippen LogP contribution in [0.1, 0.15) is 31.2 Å². The molecule has 0 spiro atoms. The van der Waals surface area contributed by atoms with Crippen molar-refractivity contribution in [3.63, 3.8) is 0 Å². The maximum Gasteiger partial charge on any atom is 0.137 e. The minimum Gasteiger partial charge on any atom is -0.341 e. The molecule has 0 aliphatic heterocycles. The van der Waals surface area contributed by atoms with Crippen LogP contribution in [0.3, 0.4) is 0 Å². The molecule has 2 rings (SSSR count). The van der Waals surface area contributed by atoms with Gasteiger partial charge in [0.15, 0.2) is 0 Å². The second-order valence-corrected chi connectivity index (χ2v) is 4.64. The minimum atomic E-state index is -0.232. The molecule has 2 aromatic rings. The van der Waals surface area contributed by atoms with E-state index in [2.05, 4.69) is 29.1 Å². The van der Waals surface area contributed by atoms with E-state index >= 15 is 0 Å². The Bertz CT molecular complexity index is 514. The number of aromatic amines is 1. The van der Waals surface area contributed by atoms with Crippen LogP contribution in [0.15, 0.2) is 24.3 Å². The van der Waals surface area contributed by atoms with Gasteiger partial charge in [-0.15, -0.1) is 0 Å². The van der Waals surface area contributed by atoms with Gasteiger partial charge in [-0.3, -0.25) is 0 Å². The van der Waals surface area contributed by atoms with E-state index in [0.29, 0.717) is 5.92 Å². The fraction of sp³-hybridized carbons (Fsp3) is 0.357. The molecule has 0 aliphatic carbocycles. The number of imidazole rings is 1. The Morgan fingerprint density at radius 3 is 2.50 bits per heavy atom. The van der Waals surface area contributed by atoms with Gasteiger partial charge >= 0.3 is 0 Å². The van der Waals surface area contributed by atoms with Crippen LogP contribution in [-0.2, 0) is 6.54 Å². The number of nitrogens with one attached hydrogen (secondary N) is 2. The molecule has 1 aromatic carbocycles. The Labute approximate surface area is 106 Å². The SMILES string of the molecule is CNCc1[nH]c(-c2ccc(F)cc2)nc1C(C)C. The van der Waals surface area contributed by atoms with Crippen LogP contribution in [0.5, 0.6) is 0 Å². The zero-order valence-corrected chi connectivity index (χ0v) is 10.9. The first-order chi connectivity index (χ1) is 8.61. The highest BCUT2D eigenvalue weighted by Gasteiger charge is 2.13. The van der Waals surface area contributed by atoms with Gasteiger partial charge in [0.25, 0.3) is 0 Å². The van der Waals surface area contributed by atoms with Gasteiger partial charge < -0.3 is 10.3 Å². The maximum atomic E-state index is 12.9. The van der Waals surface area contributed by atoms with Gasteiger partial charge in [0, 0.05) is 12.1 Å². The predicted octanol–water partition coefficient (Wildman–Crippen LogP) is 3.06. The molecular formula is C14H18FN3. The number of hydrogen-bond acceptors (Lipinski definition) is 2. The van der Waals surface area contributed by atoms with E-state index in [0.717, 1.165) is 29.3 Å². The molecule has 0 bridgehead atoms. The summed E-state index contributed by atoms with van der Waals surface area (Å²) in [5, 5.41) is 3.12. The second kappa shape index (κ2) is 5.31. The summed E-state index contributed by atoms with van der Waals surface area (Å²) in [6.45, 7) is 4.98. The highest BCUT2D eigenvalue weighted by Crippen LogP contribution is 2.23. The highest BCUT2D eigenvalue weighted by molar-refractivity contribution is 5.56. The molecule has 0 atom stereocenters. The molecule has 4 heteroatoms. The Morgan fingerprint density at radius 2 is 1.94 bits per heavy atom. The maximum absolute atomic E-state index is 12.9. The van der Waals surface area contributed by atoms with Crippen LogP contribution >= 0.6 is 0 Å². The molecule has 18 heavy (non-hydrogen) atoms. The summed E-state index contributed by atoms with van der Waals surface area (Å²) in [5.41, 5.74) is 3.05. The lowest BCUT2D eigenvalue weighted by Crippen LogP contribution is -2.08. The fourth-order valence-electron chi connectivity index (χ4n) is 1.96. The third-order valence-electron chi connectivity index (χ3n) is 2.83. The summed E-state index contributed by atoms with van der Waals surface area (Å²) in [4.78, 5) is 7.91. The summed E-state index contributed by atoms with van der Waals surface area (Å²) in [7, 11) is 1.91. The smallest absolute Gasteiger partial charge is 0.137 e. The van der Waals surface area contributed by atoms with Crippen LogP contribution < -0.4 is 5.32 Å². The number of benzene rings is 1. The average molecular weight is 247 g/mol. The molecular weight excluding hydrogens is 229 g/mol. The van der Waals surface area contributed by atoms with Crippen molar-refractivity contribution in [3.8, 4) is 11.4 Å². The number of hydrogen-bond donors (Lipinski definition) is 2.